The Labute approximate surface area is 123 Å². The molecule has 114 valence electrons. The molecule has 4 heteroatoms. The van der Waals surface area contributed by atoms with Crippen molar-refractivity contribution in [1.82, 2.24) is 5.32 Å². The summed E-state index contributed by atoms with van der Waals surface area (Å²) in [6.07, 6.45) is 0. The van der Waals surface area contributed by atoms with Crippen LogP contribution in [0.2, 0.25) is 0 Å². The molecule has 2 atom stereocenters. The Morgan fingerprint density at radius 2 is 1.65 bits per heavy atom. The average Bonchev–Trinajstić information content (AvgIpc) is 2.35. The monoisotopic (exact) mass is 297 g/mol. The van der Waals surface area contributed by atoms with Crippen molar-refractivity contribution in [3.05, 3.63) is 35.4 Å². The fraction of sp³-hybridized carbons (Fsp3) is 0.625. The molecule has 0 aliphatic rings. The zero-order valence-corrected chi connectivity index (χ0v) is 14.0. The summed E-state index contributed by atoms with van der Waals surface area (Å²) in [6.45, 7) is 10.5. The largest absolute Gasteiger partial charge is 0.309 e. The Balaban J connectivity index is 3.04. The van der Waals surface area contributed by atoms with Crippen LogP contribution in [0.4, 0.5) is 0 Å². The van der Waals surface area contributed by atoms with Crippen LogP contribution >= 0.6 is 0 Å². The van der Waals surface area contributed by atoms with E-state index in [0.717, 1.165) is 12.1 Å². The average molecular weight is 297 g/mol. The zero-order chi connectivity index (χ0) is 15.3. The molecular formula is C16H27NO2S. The molecule has 20 heavy (non-hydrogen) atoms. The van der Waals surface area contributed by atoms with Crippen LogP contribution in [0.3, 0.4) is 0 Å². The molecule has 1 N–H and O–H groups in total. The first-order valence-corrected chi connectivity index (χ1v) is 9.01. The van der Waals surface area contributed by atoms with Crippen LogP contribution in [0.25, 0.3) is 0 Å². The predicted molar refractivity (Wildman–Crippen MR) is 85.7 cm³/mol. The van der Waals surface area contributed by atoms with E-state index in [1.807, 2.05) is 58.9 Å². The van der Waals surface area contributed by atoms with Crippen molar-refractivity contribution in [2.24, 2.45) is 5.92 Å². The lowest BCUT2D eigenvalue weighted by Gasteiger charge is -2.26. The Kier molecular flexibility index (Phi) is 6.21. The van der Waals surface area contributed by atoms with Gasteiger partial charge in [0.1, 0.15) is 0 Å². The zero-order valence-electron chi connectivity index (χ0n) is 13.2. The first-order valence-electron chi connectivity index (χ1n) is 7.29. The summed E-state index contributed by atoms with van der Waals surface area (Å²) < 4.78 is 24.9. The Morgan fingerprint density at radius 1 is 1.10 bits per heavy atom. The molecule has 0 spiro atoms. The van der Waals surface area contributed by atoms with Gasteiger partial charge in [0, 0.05) is 6.04 Å². The van der Waals surface area contributed by atoms with Gasteiger partial charge in [-0.1, -0.05) is 50.6 Å². The van der Waals surface area contributed by atoms with E-state index in [4.69, 9.17) is 0 Å². The van der Waals surface area contributed by atoms with Gasteiger partial charge in [0.2, 0.25) is 0 Å². The summed E-state index contributed by atoms with van der Waals surface area (Å²) in [5, 5.41) is 2.89. The fourth-order valence-corrected chi connectivity index (χ4v) is 4.27. The van der Waals surface area contributed by atoms with Crippen molar-refractivity contribution >= 4 is 9.84 Å². The van der Waals surface area contributed by atoms with E-state index in [1.54, 1.807) is 0 Å². The molecule has 1 aromatic carbocycles. The van der Waals surface area contributed by atoms with Crippen LogP contribution < -0.4 is 5.32 Å². The van der Waals surface area contributed by atoms with Crippen molar-refractivity contribution in [3.63, 3.8) is 0 Å². The molecule has 1 aromatic rings. The maximum absolute atomic E-state index is 12.5. The highest BCUT2D eigenvalue weighted by atomic mass is 32.2. The minimum absolute atomic E-state index is 0.149. The molecule has 0 aromatic heterocycles. The number of rotatable bonds is 7. The quantitative estimate of drug-likeness (QED) is 0.841. The second-order valence-corrected chi connectivity index (χ2v) is 8.28. The van der Waals surface area contributed by atoms with Crippen LogP contribution in [0.15, 0.2) is 24.3 Å². The molecule has 0 amide bonds. The maximum Gasteiger partial charge on any atom is 0.155 e. The van der Waals surface area contributed by atoms with Gasteiger partial charge in [-0.2, -0.15) is 0 Å². The van der Waals surface area contributed by atoms with E-state index in [0.29, 0.717) is 0 Å². The summed E-state index contributed by atoms with van der Waals surface area (Å²) in [7, 11) is -3.10. The number of benzene rings is 1. The SMILES string of the molecule is CCNC(c1ccc(C)cc1)C(C)S(=O)(=O)CC(C)C. The van der Waals surface area contributed by atoms with Crippen LogP contribution in [0.1, 0.15) is 44.9 Å². The molecule has 3 nitrogen and oxygen atoms in total. The van der Waals surface area contributed by atoms with Crippen molar-refractivity contribution in [1.29, 1.82) is 0 Å². The lowest BCUT2D eigenvalue weighted by molar-refractivity contribution is 0.505. The Hall–Kier alpha value is -0.870. The first kappa shape index (κ1) is 17.2. The first-order chi connectivity index (χ1) is 9.27. The van der Waals surface area contributed by atoms with Gasteiger partial charge in [-0.25, -0.2) is 8.42 Å². The molecule has 0 fully saturated rings. The Bertz CT molecular complexity index is 506. The highest BCUT2D eigenvalue weighted by Crippen LogP contribution is 2.24. The molecule has 0 saturated heterocycles. The molecule has 0 radical (unpaired) electrons. The minimum atomic E-state index is -3.10. The van der Waals surface area contributed by atoms with Gasteiger partial charge < -0.3 is 5.32 Å². The van der Waals surface area contributed by atoms with Gasteiger partial charge in [-0.15, -0.1) is 0 Å². The van der Waals surface area contributed by atoms with Crippen molar-refractivity contribution in [2.75, 3.05) is 12.3 Å². The van der Waals surface area contributed by atoms with E-state index in [-0.39, 0.29) is 17.7 Å². The summed E-state index contributed by atoms with van der Waals surface area (Å²) in [4.78, 5) is 0. The normalized spacial score (nSPS) is 15.3. The number of sulfone groups is 1. The Morgan fingerprint density at radius 3 is 2.10 bits per heavy atom. The summed E-state index contributed by atoms with van der Waals surface area (Å²) in [6, 6.07) is 7.95. The number of hydrogen-bond donors (Lipinski definition) is 1. The van der Waals surface area contributed by atoms with Gasteiger partial charge in [0.25, 0.3) is 0 Å². The van der Waals surface area contributed by atoms with E-state index in [1.165, 1.54) is 5.56 Å². The lowest BCUT2D eigenvalue weighted by atomic mass is 10.0. The molecule has 0 heterocycles. The smallest absolute Gasteiger partial charge is 0.155 e. The number of nitrogens with one attached hydrogen (secondary N) is 1. The molecule has 2 unspecified atom stereocenters. The maximum atomic E-state index is 12.5. The van der Waals surface area contributed by atoms with Crippen molar-refractivity contribution in [3.8, 4) is 0 Å². The molecule has 0 bridgehead atoms. The summed E-state index contributed by atoms with van der Waals surface area (Å²) in [5.74, 6) is 0.393. The molecule has 0 saturated carbocycles. The second-order valence-electron chi connectivity index (χ2n) is 5.87. The molecular weight excluding hydrogens is 270 g/mol. The number of hydrogen-bond acceptors (Lipinski definition) is 3. The summed E-state index contributed by atoms with van der Waals surface area (Å²) in [5.41, 5.74) is 2.22. The third kappa shape index (κ3) is 4.60. The second kappa shape index (κ2) is 7.23. The third-order valence-corrected chi connectivity index (χ3v) is 6.00. The van der Waals surface area contributed by atoms with Crippen molar-refractivity contribution in [2.45, 2.75) is 45.9 Å². The van der Waals surface area contributed by atoms with Crippen LogP contribution in [-0.4, -0.2) is 26.0 Å². The number of aryl methyl sites for hydroxylation is 1. The molecule has 1 rings (SSSR count). The summed E-state index contributed by atoms with van der Waals surface area (Å²) >= 11 is 0. The topological polar surface area (TPSA) is 46.2 Å². The minimum Gasteiger partial charge on any atom is -0.309 e. The fourth-order valence-electron chi connectivity index (χ4n) is 2.37. The van der Waals surface area contributed by atoms with Gasteiger partial charge in [0.05, 0.1) is 11.0 Å². The van der Waals surface area contributed by atoms with Gasteiger partial charge >= 0.3 is 0 Å². The highest BCUT2D eigenvalue weighted by molar-refractivity contribution is 7.92. The van der Waals surface area contributed by atoms with Crippen molar-refractivity contribution < 1.29 is 8.42 Å². The van der Waals surface area contributed by atoms with Crippen LogP contribution in [0, 0.1) is 12.8 Å². The van der Waals surface area contributed by atoms with E-state index >= 15 is 0 Å². The van der Waals surface area contributed by atoms with E-state index in [9.17, 15) is 8.42 Å². The lowest BCUT2D eigenvalue weighted by Crippen LogP contribution is -2.37. The van der Waals surface area contributed by atoms with E-state index < -0.39 is 15.1 Å². The standard InChI is InChI=1S/C16H27NO2S/c1-6-17-16(15-9-7-13(4)8-10-15)14(5)20(18,19)11-12(2)3/h7-10,12,14,16-17H,6,11H2,1-5H3. The van der Waals surface area contributed by atoms with E-state index in [2.05, 4.69) is 5.32 Å². The molecule has 0 aliphatic heterocycles. The van der Waals surface area contributed by atoms with Gasteiger partial charge in [0.15, 0.2) is 9.84 Å². The predicted octanol–water partition coefficient (Wildman–Crippen LogP) is 3.10. The van der Waals surface area contributed by atoms with Crippen LogP contribution in [0.5, 0.6) is 0 Å². The third-order valence-electron chi connectivity index (χ3n) is 3.46. The molecule has 0 aliphatic carbocycles. The van der Waals surface area contributed by atoms with Gasteiger partial charge in [-0.05, 0) is 31.9 Å². The van der Waals surface area contributed by atoms with Gasteiger partial charge in [-0.3, -0.25) is 0 Å². The highest BCUT2D eigenvalue weighted by Gasteiger charge is 2.30. The van der Waals surface area contributed by atoms with Crippen LogP contribution in [-0.2, 0) is 9.84 Å².